The van der Waals surface area contributed by atoms with Crippen molar-refractivity contribution in [3.63, 3.8) is 0 Å². The molecule has 19 heavy (non-hydrogen) atoms. The SMILES string of the molecule is Cc1cc(Oc2cncc(Br)c2)c(C(=O)O)c(C)n1. The van der Waals surface area contributed by atoms with E-state index in [9.17, 15) is 9.90 Å². The molecule has 0 aromatic carbocycles. The van der Waals surface area contributed by atoms with Crippen LogP contribution in [0.5, 0.6) is 11.5 Å². The van der Waals surface area contributed by atoms with Crippen molar-refractivity contribution in [2.24, 2.45) is 0 Å². The van der Waals surface area contributed by atoms with Gasteiger partial charge in [0.25, 0.3) is 0 Å². The summed E-state index contributed by atoms with van der Waals surface area (Å²) in [5.74, 6) is -0.345. The zero-order chi connectivity index (χ0) is 14.0. The third-order valence-electron chi connectivity index (χ3n) is 2.41. The Balaban J connectivity index is 2.47. The minimum absolute atomic E-state index is 0.0607. The molecule has 2 aromatic heterocycles. The molecule has 2 rings (SSSR count). The number of carboxylic acids is 1. The molecule has 6 heteroatoms. The first kappa shape index (κ1) is 13.5. The maximum atomic E-state index is 11.3. The molecular formula is C13H11BrN2O3. The Morgan fingerprint density at radius 3 is 2.68 bits per heavy atom. The van der Waals surface area contributed by atoms with E-state index in [0.29, 0.717) is 17.1 Å². The molecule has 0 aliphatic carbocycles. The summed E-state index contributed by atoms with van der Waals surface area (Å²) < 4.78 is 6.35. The minimum Gasteiger partial charge on any atom is -0.477 e. The number of aryl methyl sites for hydroxylation is 2. The van der Waals surface area contributed by atoms with Crippen LogP contribution >= 0.6 is 15.9 Å². The molecule has 0 bridgehead atoms. The van der Waals surface area contributed by atoms with Gasteiger partial charge >= 0.3 is 5.97 Å². The van der Waals surface area contributed by atoms with Gasteiger partial charge in [-0.3, -0.25) is 9.97 Å². The Hall–Kier alpha value is -1.95. The minimum atomic E-state index is -1.07. The van der Waals surface area contributed by atoms with Crippen molar-refractivity contribution in [1.82, 2.24) is 9.97 Å². The summed E-state index contributed by atoms with van der Waals surface area (Å²) in [7, 11) is 0. The highest BCUT2D eigenvalue weighted by atomic mass is 79.9. The summed E-state index contributed by atoms with van der Waals surface area (Å²) in [6, 6.07) is 3.31. The molecule has 0 aliphatic rings. The number of carbonyl (C=O) groups is 1. The van der Waals surface area contributed by atoms with E-state index in [0.717, 1.165) is 4.47 Å². The van der Waals surface area contributed by atoms with Crippen molar-refractivity contribution < 1.29 is 14.6 Å². The van der Waals surface area contributed by atoms with Crippen LogP contribution in [0.4, 0.5) is 0 Å². The molecule has 5 nitrogen and oxygen atoms in total. The molecular weight excluding hydrogens is 312 g/mol. The highest BCUT2D eigenvalue weighted by Crippen LogP contribution is 2.28. The average molecular weight is 323 g/mol. The van der Waals surface area contributed by atoms with E-state index in [-0.39, 0.29) is 11.3 Å². The van der Waals surface area contributed by atoms with Gasteiger partial charge in [-0.1, -0.05) is 0 Å². The first-order valence-electron chi connectivity index (χ1n) is 5.47. The van der Waals surface area contributed by atoms with Gasteiger partial charge in [0.15, 0.2) is 0 Å². The molecule has 0 amide bonds. The quantitative estimate of drug-likeness (QED) is 0.938. The maximum absolute atomic E-state index is 11.3. The lowest BCUT2D eigenvalue weighted by molar-refractivity contribution is 0.0692. The van der Waals surface area contributed by atoms with Gasteiger partial charge in [0, 0.05) is 22.4 Å². The second-order valence-corrected chi connectivity index (χ2v) is 4.88. The number of ether oxygens (including phenoxy) is 1. The van der Waals surface area contributed by atoms with Crippen molar-refractivity contribution in [2.45, 2.75) is 13.8 Å². The average Bonchev–Trinajstić information content (AvgIpc) is 2.26. The van der Waals surface area contributed by atoms with Gasteiger partial charge in [-0.05, 0) is 35.8 Å². The van der Waals surface area contributed by atoms with Gasteiger partial charge in [-0.15, -0.1) is 0 Å². The molecule has 0 saturated heterocycles. The van der Waals surface area contributed by atoms with Gasteiger partial charge in [0.1, 0.15) is 17.1 Å². The third-order valence-corrected chi connectivity index (χ3v) is 2.85. The van der Waals surface area contributed by atoms with Gasteiger partial charge < -0.3 is 9.84 Å². The summed E-state index contributed by atoms with van der Waals surface area (Å²) in [6.07, 6.45) is 3.13. The highest BCUT2D eigenvalue weighted by Gasteiger charge is 2.17. The molecule has 2 heterocycles. The molecule has 98 valence electrons. The number of pyridine rings is 2. The van der Waals surface area contributed by atoms with Crippen LogP contribution in [0.2, 0.25) is 0 Å². The van der Waals surface area contributed by atoms with Crippen molar-refractivity contribution >= 4 is 21.9 Å². The Morgan fingerprint density at radius 1 is 1.32 bits per heavy atom. The Bertz CT molecular complexity index is 644. The van der Waals surface area contributed by atoms with Gasteiger partial charge in [-0.2, -0.15) is 0 Å². The summed E-state index contributed by atoms with van der Waals surface area (Å²) in [6.45, 7) is 3.42. The van der Waals surface area contributed by atoms with Crippen LogP contribution in [0.1, 0.15) is 21.7 Å². The Morgan fingerprint density at radius 2 is 2.05 bits per heavy atom. The molecule has 0 unspecified atom stereocenters. The summed E-state index contributed by atoms with van der Waals surface area (Å²) in [5.41, 5.74) is 1.18. The predicted molar refractivity (Wildman–Crippen MR) is 72.7 cm³/mol. The Kier molecular flexibility index (Phi) is 3.80. The maximum Gasteiger partial charge on any atom is 0.341 e. The number of nitrogens with zero attached hydrogens (tertiary/aromatic N) is 2. The number of aromatic carboxylic acids is 1. The van der Waals surface area contributed by atoms with Gasteiger partial charge in [-0.25, -0.2) is 4.79 Å². The van der Waals surface area contributed by atoms with E-state index in [2.05, 4.69) is 25.9 Å². The van der Waals surface area contributed by atoms with E-state index in [4.69, 9.17) is 4.74 Å². The second kappa shape index (κ2) is 5.36. The summed E-state index contributed by atoms with van der Waals surface area (Å²) in [4.78, 5) is 19.4. The number of hydrogen-bond acceptors (Lipinski definition) is 4. The van der Waals surface area contributed by atoms with Crippen molar-refractivity contribution in [3.8, 4) is 11.5 Å². The van der Waals surface area contributed by atoms with Crippen molar-refractivity contribution in [1.29, 1.82) is 0 Å². The third kappa shape index (κ3) is 3.08. The van der Waals surface area contributed by atoms with Crippen LogP contribution in [0.15, 0.2) is 29.0 Å². The molecule has 0 saturated carbocycles. The lowest BCUT2D eigenvalue weighted by Gasteiger charge is -2.11. The molecule has 0 atom stereocenters. The number of halogens is 1. The molecule has 0 aliphatic heterocycles. The van der Waals surface area contributed by atoms with Gasteiger partial charge in [0.2, 0.25) is 0 Å². The smallest absolute Gasteiger partial charge is 0.341 e. The molecule has 0 spiro atoms. The molecule has 0 radical (unpaired) electrons. The highest BCUT2D eigenvalue weighted by molar-refractivity contribution is 9.10. The lowest BCUT2D eigenvalue weighted by Crippen LogP contribution is -2.06. The van der Waals surface area contributed by atoms with Crippen LogP contribution in [-0.4, -0.2) is 21.0 Å². The Labute approximate surface area is 118 Å². The fraction of sp³-hybridized carbons (Fsp3) is 0.154. The van der Waals surface area contributed by atoms with E-state index in [1.807, 2.05) is 0 Å². The second-order valence-electron chi connectivity index (χ2n) is 3.97. The number of aromatic nitrogens is 2. The van der Waals surface area contributed by atoms with Gasteiger partial charge in [0.05, 0.1) is 11.9 Å². The largest absolute Gasteiger partial charge is 0.477 e. The van der Waals surface area contributed by atoms with Crippen LogP contribution in [-0.2, 0) is 0 Å². The fourth-order valence-electron chi connectivity index (χ4n) is 1.71. The van der Waals surface area contributed by atoms with Crippen LogP contribution < -0.4 is 4.74 Å². The number of carboxylic acid groups (broad SMARTS) is 1. The first-order valence-corrected chi connectivity index (χ1v) is 6.26. The standard InChI is InChI=1S/C13H11BrN2O3/c1-7-3-11(12(13(17)18)8(2)16-7)19-10-4-9(14)5-15-6-10/h3-6H,1-2H3,(H,17,18). The van der Waals surface area contributed by atoms with Crippen molar-refractivity contribution in [3.05, 3.63) is 46.0 Å². The van der Waals surface area contributed by atoms with E-state index >= 15 is 0 Å². The molecule has 2 aromatic rings. The predicted octanol–water partition coefficient (Wildman–Crippen LogP) is 3.35. The van der Waals surface area contributed by atoms with E-state index in [1.54, 1.807) is 32.2 Å². The van der Waals surface area contributed by atoms with Crippen LogP contribution in [0, 0.1) is 13.8 Å². The van der Waals surface area contributed by atoms with E-state index in [1.165, 1.54) is 6.20 Å². The van der Waals surface area contributed by atoms with Crippen LogP contribution in [0.3, 0.4) is 0 Å². The van der Waals surface area contributed by atoms with E-state index < -0.39 is 5.97 Å². The van der Waals surface area contributed by atoms with Crippen LogP contribution in [0.25, 0.3) is 0 Å². The number of hydrogen-bond donors (Lipinski definition) is 1. The van der Waals surface area contributed by atoms with Crippen molar-refractivity contribution in [2.75, 3.05) is 0 Å². The lowest BCUT2D eigenvalue weighted by atomic mass is 10.1. The summed E-state index contributed by atoms with van der Waals surface area (Å²) >= 11 is 3.28. The number of rotatable bonds is 3. The summed E-state index contributed by atoms with van der Waals surface area (Å²) in [5, 5.41) is 9.23. The normalized spacial score (nSPS) is 10.3. The first-order chi connectivity index (χ1) is 8.97. The molecule has 0 fully saturated rings. The zero-order valence-electron chi connectivity index (χ0n) is 10.3. The zero-order valence-corrected chi connectivity index (χ0v) is 11.9. The molecule has 1 N–H and O–H groups in total. The fourth-order valence-corrected chi connectivity index (χ4v) is 2.05. The monoisotopic (exact) mass is 322 g/mol. The topological polar surface area (TPSA) is 72.3 Å².